The second-order valence-corrected chi connectivity index (χ2v) is 7.71. The maximum atomic E-state index is 13.0. The van der Waals surface area contributed by atoms with Gasteiger partial charge in [0.05, 0.1) is 0 Å². The SMILES string of the molecule is CCNC(=O)[C@H](C)N(Cc1ccc(Cl)cc1Cl)C(=O)COc1ccc(C)c(C)c1. The van der Waals surface area contributed by atoms with Gasteiger partial charge in [-0.15, -0.1) is 0 Å². The highest BCUT2D eigenvalue weighted by molar-refractivity contribution is 6.35. The van der Waals surface area contributed by atoms with Crippen LogP contribution in [0.5, 0.6) is 5.75 Å². The summed E-state index contributed by atoms with van der Waals surface area (Å²) in [6.45, 7) is 7.97. The summed E-state index contributed by atoms with van der Waals surface area (Å²) in [5.41, 5.74) is 2.93. The van der Waals surface area contributed by atoms with E-state index >= 15 is 0 Å². The number of carbonyl (C=O) groups is 2. The molecule has 0 unspecified atom stereocenters. The van der Waals surface area contributed by atoms with Gasteiger partial charge in [-0.2, -0.15) is 0 Å². The van der Waals surface area contributed by atoms with Gasteiger partial charge in [-0.25, -0.2) is 0 Å². The van der Waals surface area contributed by atoms with Gasteiger partial charge >= 0.3 is 0 Å². The van der Waals surface area contributed by atoms with E-state index in [0.717, 1.165) is 11.1 Å². The van der Waals surface area contributed by atoms with Crippen LogP contribution in [0.2, 0.25) is 10.0 Å². The summed E-state index contributed by atoms with van der Waals surface area (Å²) in [4.78, 5) is 26.8. The number of rotatable bonds is 8. The Morgan fingerprint density at radius 1 is 1.10 bits per heavy atom. The van der Waals surface area contributed by atoms with Crippen molar-refractivity contribution < 1.29 is 14.3 Å². The van der Waals surface area contributed by atoms with Crippen molar-refractivity contribution in [2.45, 2.75) is 40.3 Å². The van der Waals surface area contributed by atoms with Crippen molar-refractivity contribution in [2.24, 2.45) is 0 Å². The highest BCUT2D eigenvalue weighted by atomic mass is 35.5. The highest BCUT2D eigenvalue weighted by Gasteiger charge is 2.26. The summed E-state index contributed by atoms with van der Waals surface area (Å²) in [6, 6.07) is 10.0. The molecule has 0 spiro atoms. The average Bonchev–Trinajstić information content (AvgIpc) is 2.67. The van der Waals surface area contributed by atoms with E-state index in [1.807, 2.05) is 39.0 Å². The molecule has 0 aliphatic rings. The smallest absolute Gasteiger partial charge is 0.261 e. The summed E-state index contributed by atoms with van der Waals surface area (Å²) in [7, 11) is 0. The number of halogens is 2. The number of aryl methyl sites for hydroxylation is 2. The van der Waals surface area contributed by atoms with Crippen molar-refractivity contribution in [3.63, 3.8) is 0 Å². The lowest BCUT2D eigenvalue weighted by atomic mass is 10.1. The van der Waals surface area contributed by atoms with Crippen molar-refractivity contribution in [3.8, 4) is 5.75 Å². The second kappa shape index (κ2) is 10.5. The molecular weight excluding hydrogens is 411 g/mol. The summed E-state index contributed by atoms with van der Waals surface area (Å²) in [5, 5.41) is 3.69. The van der Waals surface area contributed by atoms with Crippen LogP contribution in [-0.2, 0) is 16.1 Å². The average molecular weight is 437 g/mol. The van der Waals surface area contributed by atoms with Crippen molar-refractivity contribution in [3.05, 3.63) is 63.1 Å². The van der Waals surface area contributed by atoms with Crippen LogP contribution in [0.3, 0.4) is 0 Å². The second-order valence-electron chi connectivity index (χ2n) is 6.86. The number of hydrogen-bond acceptors (Lipinski definition) is 3. The Balaban J connectivity index is 2.19. The normalized spacial score (nSPS) is 11.7. The third-order valence-electron chi connectivity index (χ3n) is 4.71. The van der Waals surface area contributed by atoms with Crippen LogP contribution in [0.4, 0.5) is 0 Å². The van der Waals surface area contributed by atoms with E-state index in [-0.39, 0.29) is 25.0 Å². The molecule has 0 saturated carbocycles. The standard InChI is InChI=1S/C22H26Cl2N2O3/c1-5-25-22(28)16(4)26(12-17-7-8-18(23)11-20(17)24)21(27)13-29-19-9-6-14(2)15(3)10-19/h6-11,16H,5,12-13H2,1-4H3,(H,25,28)/t16-/m0/s1. The molecule has 2 amide bonds. The number of ether oxygens (including phenoxy) is 1. The van der Waals surface area contributed by atoms with Crippen molar-refractivity contribution in [1.82, 2.24) is 10.2 Å². The molecule has 0 aromatic heterocycles. The van der Waals surface area contributed by atoms with Crippen molar-refractivity contribution >= 4 is 35.0 Å². The monoisotopic (exact) mass is 436 g/mol. The molecule has 0 fully saturated rings. The van der Waals surface area contributed by atoms with Gasteiger partial charge in [-0.05, 0) is 68.7 Å². The van der Waals surface area contributed by atoms with Gasteiger partial charge in [0, 0.05) is 23.1 Å². The van der Waals surface area contributed by atoms with Crippen molar-refractivity contribution in [1.29, 1.82) is 0 Å². The molecule has 2 rings (SSSR count). The molecule has 0 aliphatic carbocycles. The molecule has 156 valence electrons. The van der Waals surface area contributed by atoms with E-state index in [4.69, 9.17) is 27.9 Å². The van der Waals surface area contributed by atoms with E-state index in [1.54, 1.807) is 25.1 Å². The quantitative estimate of drug-likeness (QED) is 0.660. The van der Waals surface area contributed by atoms with Gasteiger partial charge in [0.1, 0.15) is 11.8 Å². The molecule has 0 heterocycles. The summed E-state index contributed by atoms with van der Waals surface area (Å²) >= 11 is 12.2. The molecule has 5 nitrogen and oxygen atoms in total. The van der Waals surface area contributed by atoms with Crippen LogP contribution in [0.15, 0.2) is 36.4 Å². The van der Waals surface area contributed by atoms with Gasteiger partial charge in [-0.1, -0.05) is 35.3 Å². The highest BCUT2D eigenvalue weighted by Crippen LogP contribution is 2.23. The Morgan fingerprint density at radius 2 is 1.83 bits per heavy atom. The number of nitrogens with one attached hydrogen (secondary N) is 1. The van der Waals surface area contributed by atoms with Gasteiger partial charge in [-0.3, -0.25) is 9.59 Å². The fourth-order valence-corrected chi connectivity index (χ4v) is 3.24. The largest absolute Gasteiger partial charge is 0.484 e. The molecule has 29 heavy (non-hydrogen) atoms. The molecule has 2 aromatic rings. The predicted octanol–water partition coefficient (Wildman–Crippen LogP) is 4.54. The zero-order valence-electron chi connectivity index (χ0n) is 17.1. The van der Waals surface area contributed by atoms with Crippen LogP contribution < -0.4 is 10.1 Å². The van der Waals surface area contributed by atoms with Gasteiger partial charge in [0.2, 0.25) is 5.91 Å². The van der Waals surface area contributed by atoms with Crippen LogP contribution in [-0.4, -0.2) is 35.9 Å². The van der Waals surface area contributed by atoms with Crippen LogP contribution >= 0.6 is 23.2 Å². The van der Waals surface area contributed by atoms with Gasteiger partial charge < -0.3 is 15.0 Å². The number of likely N-dealkylation sites (N-methyl/N-ethyl adjacent to an activating group) is 1. The molecule has 2 aromatic carbocycles. The lowest BCUT2D eigenvalue weighted by Gasteiger charge is -2.29. The van der Waals surface area contributed by atoms with Crippen LogP contribution in [0, 0.1) is 13.8 Å². The zero-order valence-corrected chi connectivity index (χ0v) is 18.6. The fourth-order valence-electron chi connectivity index (χ4n) is 2.77. The maximum Gasteiger partial charge on any atom is 0.261 e. The minimum Gasteiger partial charge on any atom is -0.484 e. The molecule has 0 aliphatic heterocycles. The van der Waals surface area contributed by atoms with Crippen LogP contribution in [0.1, 0.15) is 30.5 Å². The molecule has 0 radical (unpaired) electrons. The Hall–Kier alpha value is -2.24. The fraction of sp³-hybridized carbons (Fsp3) is 0.364. The summed E-state index contributed by atoms with van der Waals surface area (Å²) in [5.74, 6) is 0.0571. The third-order valence-corrected chi connectivity index (χ3v) is 5.30. The first-order chi connectivity index (χ1) is 13.7. The Kier molecular flexibility index (Phi) is 8.35. The zero-order chi connectivity index (χ0) is 21.6. The maximum absolute atomic E-state index is 13.0. The first-order valence-corrected chi connectivity index (χ1v) is 10.2. The first-order valence-electron chi connectivity index (χ1n) is 9.44. The van der Waals surface area contributed by atoms with E-state index in [9.17, 15) is 9.59 Å². The molecule has 1 atom stereocenters. The minimum atomic E-state index is -0.683. The van der Waals surface area contributed by atoms with E-state index in [2.05, 4.69) is 5.32 Å². The number of hydrogen-bond donors (Lipinski definition) is 1. The molecule has 7 heteroatoms. The summed E-state index contributed by atoms with van der Waals surface area (Å²) < 4.78 is 5.68. The Morgan fingerprint density at radius 3 is 2.45 bits per heavy atom. The Labute approximate surface area is 181 Å². The summed E-state index contributed by atoms with van der Waals surface area (Å²) in [6.07, 6.45) is 0. The minimum absolute atomic E-state index is 0.170. The third kappa shape index (κ3) is 6.38. The van der Waals surface area contributed by atoms with Gasteiger partial charge in [0.15, 0.2) is 6.61 Å². The number of amides is 2. The van der Waals surface area contributed by atoms with Crippen molar-refractivity contribution in [2.75, 3.05) is 13.2 Å². The molecule has 0 saturated heterocycles. The topological polar surface area (TPSA) is 58.6 Å². The molecule has 1 N–H and O–H groups in total. The first kappa shape index (κ1) is 23.0. The lowest BCUT2D eigenvalue weighted by molar-refractivity contribution is -0.142. The van der Waals surface area contributed by atoms with Crippen LogP contribution in [0.25, 0.3) is 0 Å². The lowest BCUT2D eigenvalue weighted by Crippen LogP contribution is -2.49. The molecule has 0 bridgehead atoms. The molecular formula is C22H26Cl2N2O3. The van der Waals surface area contributed by atoms with E-state index < -0.39 is 6.04 Å². The number of benzene rings is 2. The van der Waals surface area contributed by atoms with Gasteiger partial charge in [0.25, 0.3) is 5.91 Å². The predicted molar refractivity (Wildman–Crippen MR) is 117 cm³/mol. The Bertz CT molecular complexity index is 886. The number of nitrogens with zero attached hydrogens (tertiary/aromatic N) is 1. The van der Waals surface area contributed by atoms with E-state index in [1.165, 1.54) is 4.90 Å². The van der Waals surface area contributed by atoms with E-state index in [0.29, 0.717) is 27.9 Å². The number of carbonyl (C=O) groups excluding carboxylic acids is 2.